The van der Waals surface area contributed by atoms with Crippen LogP contribution < -0.4 is 9.47 Å². The number of benzene rings is 2. The van der Waals surface area contributed by atoms with Gasteiger partial charge in [-0.25, -0.2) is 4.79 Å². The SMILES string of the molecule is CCCC1C(=O)N(CC(CCc2ccccc2)CCc2ccc(OC)c(OC)c2)CC(C)N1C(=O)OC(C)(C)C. The molecule has 0 saturated carbocycles. The summed E-state index contributed by atoms with van der Waals surface area (Å²) in [6.07, 6.45) is 4.78. The van der Waals surface area contributed by atoms with Crippen molar-refractivity contribution in [3.63, 3.8) is 0 Å². The Hall–Kier alpha value is -3.22. The van der Waals surface area contributed by atoms with E-state index in [2.05, 4.69) is 37.3 Å². The van der Waals surface area contributed by atoms with Gasteiger partial charge >= 0.3 is 6.09 Å². The van der Waals surface area contributed by atoms with Gasteiger partial charge in [0.1, 0.15) is 11.6 Å². The maximum absolute atomic E-state index is 13.8. The van der Waals surface area contributed by atoms with Crippen molar-refractivity contribution in [3.05, 3.63) is 59.7 Å². The molecule has 7 heteroatoms. The Morgan fingerprint density at radius 2 is 1.62 bits per heavy atom. The first-order chi connectivity index (χ1) is 19.1. The second kappa shape index (κ2) is 14.4. The molecule has 0 aliphatic carbocycles. The van der Waals surface area contributed by atoms with Gasteiger partial charge in [-0.15, -0.1) is 0 Å². The molecule has 1 aliphatic heterocycles. The minimum Gasteiger partial charge on any atom is -0.493 e. The van der Waals surface area contributed by atoms with Crippen LogP contribution in [0, 0.1) is 5.92 Å². The Morgan fingerprint density at radius 3 is 2.23 bits per heavy atom. The highest BCUT2D eigenvalue weighted by Crippen LogP contribution is 2.30. The third-order valence-electron chi connectivity index (χ3n) is 7.51. The van der Waals surface area contributed by atoms with Gasteiger partial charge in [0.05, 0.1) is 20.3 Å². The molecule has 220 valence electrons. The largest absolute Gasteiger partial charge is 0.493 e. The van der Waals surface area contributed by atoms with E-state index in [1.165, 1.54) is 11.1 Å². The number of carbonyl (C=O) groups is 2. The third kappa shape index (κ3) is 8.64. The molecule has 2 amide bonds. The molecule has 40 heavy (non-hydrogen) atoms. The van der Waals surface area contributed by atoms with E-state index < -0.39 is 17.7 Å². The zero-order valence-corrected chi connectivity index (χ0v) is 25.4. The molecule has 1 heterocycles. The summed E-state index contributed by atoms with van der Waals surface area (Å²) in [6, 6.07) is 16.0. The molecule has 1 aliphatic rings. The van der Waals surface area contributed by atoms with Gasteiger partial charge in [-0.1, -0.05) is 49.7 Å². The molecule has 3 rings (SSSR count). The Balaban J connectivity index is 1.77. The molecule has 0 radical (unpaired) electrons. The summed E-state index contributed by atoms with van der Waals surface area (Å²) in [5.41, 5.74) is 1.87. The van der Waals surface area contributed by atoms with Crippen molar-refractivity contribution < 1.29 is 23.8 Å². The lowest BCUT2D eigenvalue weighted by molar-refractivity contribution is -0.145. The second-order valence-corrected chi connectivity index (χ2v) is 11.9. The number of aryl methyl sites for hydroxylation is 2. The number of nitrogens with zero attached hydrogens (tertiary/aromatic N) is 2. The van der Waals surface area contributed by atoms with Crippen LogP contribution in [-0.4, -0.2) is 66.8 Å². The maximum Gasteiger partial charge on any atom is 0.411 e. The molecule has 0 bridgehead atoms. The van der Waals surface area contributed by atoms with Gasteiger partial charge in [0.25, 0.3) is 0 Å². The van der Waals surface area contributed by atoms with E-state index >= 15 is 0 Å². The number of amides is 2. The molecule has 2 aromatic rings. The summed E-state index contributed by atoms with van der Waals surface area (Å²) in [5, 5.41) is 0. The van der Waals surface area contributed by atoms with Gasteiger partial charge in [-0.05, 0) is 89.0 Å². The fourth-order valence-corrected chi connectivity index (χ4v) is 5.52. The molecule has 0 N–H and O–H groups in total. The lowest BCUT2D eigenvalue weighted by atomic mass is 9.91. The van der Waals surface area contributed by atoms with Gasteiger partial charge in [-0.3, -0.25) is 9.69 Å². The van der Waals surface area contributed by atoms with E-state index in [0.29, 0.717) is 25.4 Å². The van der Waals surface area contributed by atoms with Crippen molar-refractivity contribution in [1.82, 2.24) is 9.80 Å². The third-order valence-corrected chi connectivity index (χ3v) is 7.51. The number of carbonyl (C=O) groups excluding carboxylic acids is 2. The molecule has 3 atom stereocenters. The van der Waals surface area contributed by atoms with E-state index in [9.17, 15) is 9.59 Å². The summed E-state index contributed by atoms with van der Waals surface area (Å²) in [4.78, 5) is 30.6. The van der Waals surface area contributed by atoms with Crippen molar-refractivity contribution in [2.75, 3.05) is 27.3 Å². The highest BCUT2D eigenvalue weighted by Gasteiger charge is 2.43. The van der Waals surface area contributed by atoms with E-state index in [-0.39, 0.29) is 11.9 Å². The smallest absolute Gasteiger partial charge is 0.411 e. The Bertz CT molecular complexity index is 1100. The van der Waals surface area contributed by atoms with Crippen LogP contribution in [0.25, 0.3) is 0 Å². The van der Waals surface area contributed by atoms with Gasteiger partial charge in [0.2, 0.25) is 5.91 Å². The van der Waals surface area contributed by atoms with Crippen LogP contribution in [0.3, 0.4) is 0 Å². The maximum atomic E-state index is 13.8. The summed E-state index contributed by atoms with van der Waals surface area (Å²) in [7, 11) is 3.30. The van der Waals surface area contributed by atoms with Gasteiger partial charge in [0, 0.05) is 13.1 Å². The number of piperazine rings is 1. The van der Waals surface area contributed by atoms with Crippen LogP contribution in [-0.2, 0) is 22.4 Å². The Morgan fingerprint density at radius 1 is 0.975 bits per heavy atom. The summed E-state index contributed by atoms with van der Waals surface area (Å²) in [5.74, 6) is 1.78. The van der Waals surface area contributed by atoms with E-state index in [0.717, 1.165) is 43.6 Å². The van der Waals surface area contributed by atoms with Crippen molar-refractivity contribution in [3.8, 4) is 11.5 Å². The minimum atomic E-state index is -0.611. The van der Waals surface area contributed by atoms with Crippen LogP contribution in [0.4, 0.5) is 4.79 Å². The Labute approximate surface area is 240 Å². The van der Waals surface area contributed by atoms with Crippen LogP contribution in [0.15, 0.2) is 48.5 Å². The fourth-order valence-electron chi connectivity index (χ4n) is 5.52. The van der Waals surface area contributed by atoms with Crippen molar-refractivity contribution in [2.24, 2.45) is 5.92 Å². The molecular formula is C33H48N2O5. The monoisotopic (exact) mass is 552 g/mol. The van der Waals surface area contributed by atoms with E-state index in [4.69, 9.17) is 14.2 Å². The molecule has 0 aromatic heterocycles. The molecule has 2 aromatic carbocycles. The number of hydrogen-bond donors (Lipinski definition) is 0. The second-order valence-electron chi connectivity index (χ2n) is 11.9. The molecule has 0 spiro atoms. The zero-order valence-electron chi connectivity index (χ0n) is 25.4. The van der Waals surface area contributed by atoms with Crippen LogP contribution in [0.2, 0.25) is 0 Å². The highest BCUT2D eigenvalue weighted by atomic mass is 16.6. The van der Waals surface area contributed by atoms with E-state index in [1.807, 2.05) is 50.8 Å². The number of ether oxygens (including phenoxy) is 3. The standard InChI is InChI=1S/C33H48N2O5/c1-8-12-28-31(36)34(22-24(2)35(28)32(37)40-33(3,4)5)23-27(17-15-25-13-10-9-11-14-25)18-16-26-19-20-29(38-6)30(21-26)39-7/h9-11,13-14,19-21,24,27-28H,8,12,15-18,22-23H2,1-7H3. The first kappa shape index (κ1) is 31.3. The fraction of sp³-hybridized carbons (Fsp3) is 0.576. The Kier molecular flexibility index (Phi) is 11.3. The molecule has 7 nitrogen and oxygen atoms in total. The van der Waals surface area contributed by atoms with Crippen molar-refractivity contribution in [2.45, 2.75) is 90.8 Å². The van der Waals surface area contributed by atoms with Gasteiger partial charge in [0.15, 0.2) is 11.5 Å². The first-order valence-electron chi connectivity index (χ1n) is 14.6. The molecule has 1 saturated heterocycles. The number of rotatable bonds is 12. The summed E-state index contributed by atoms with van der Waals surface area (Å²) < 4.78 is 16.6. The molecule has 3 unspecified atom stereocenters. The zero-order chi connectivity index (χ0) is 29.3. The van der Waals surface area contributed by atoms with Crippen LogP contribution >= 0.6 is 0 Å². The van der Waals surface area contributed by atoms with Crippen LogP contribution in [0.1, 0.15) is 71.4 Å². The minimum absolute atomic E-state index is 0.0293. The van der Waals surface area contributed by atoms with Crippen molar-refractivity contribution >= 4 is 12.0 Å². The highest BCUT2D eigenvalue weighted by molar-refractivity contribution is 5.87. The quantitative estimate of drug-likeness (QED) is 0.300. The summed E-state index contributed by atoms with van der Waals surface area (Å²) in [6.45, 7) is 10.8. The lowest BCUT2D eigenvalue weighted by Crippen LogP contribution is -2.63. The molecule has 1 fully saturated rings. The van der Waals surface area contributed by atoms with Crippen molar-refractivity contribution in [1.29, 1.82) is 0 Å². The van der Waals surface area contributed by atoms with Crippen LogP contribution in [0.5, 0.6) is 11.5 Å². The number of methoxy groups -OCH3 is 2. The topological polar surface area (TPSA) is 68.3 Å². The predicted octanol–water partition coefficient (Wildman–Crippen LogP) is 6.52. The predicted molar refractivity (Wildman–Crippen MR) is 159 cm³/mol. The first-order valence-corrected chi connectivity index (χ1v) is 14.6. The van der Waals surface area contributed by atoms with Gasteiger partial charge in [-0.2, -0.15) is 0 Å². The lowest BCUT2D eigenvalue weighted by Gasteiger charge is -2.45. The summed E-state index contributed by atoms with van der Waals surface area (Å²) >= 11 is 0. The number of hydrogen-bond acceptors (Lipinski definition) is 5. The molecular weight excluding hydrogens is 504 g/mol. The van der Waals surface area contributed by atoms with Gasteiger partial charge < -0.3 is 19.1 Å². The average molecular weight is 553 g/mol. The van der Waals surface area contributed by atoms with E-state index in [1.54, 1.807) is 19.1 Å². The normalized spacial score (nSPS) is 18.4. The average Bonchev–Trinajstić information content (AvgIpc) is 2.92.